The third-order valence-corrected chi connectivity index (χ3v) is 4.59. The summed E-state index contributed by atoms with van der Waals surface area (Å²) in [7, 11) is 1.72. The van der Waals surface area contributed by atoms with Crippen LogP contribution in [0.2, 0.25) is 0 Å². The van der Waals surface area contributed by atoms with Crippen molar-refractivity contribution in [2.45, 2.75) is 13.0 Å². The molecule has 138 valence electrons. The van der Waals surface area contributed by atoms with E-state index < -0.39 is 0 Å². The Balaban J connectivity index is 1.52. The maximum Gasteiger partial charge on any atom is 0.255 e. The van der Waals surface area contributed by atoms with Crippen molar-refractivity contribution in [3.05, 3.63) is 65.6 Å². The van der Waals surface area contributed by atoms with Gasteiger partial charge in [-0.15, -0.1) is 0 Å². The molecule has 3 aromatic rings. The highest BCUT2D eigenvalue weighted by atomic mass is 19.1. The Morgan fingerprint density at radius 2 is 2.00 bits per heavy atom. The minimum atomic E-state index is -0.347. The molecule has 1 aliphatic rings. The molecule has 0 spiro atoms. The highest BCUT2D eigenvalue weighted by Gasteiger charge is 2.25. The molecule has 27 heavy (non-hydrogen) atoms. The Morgan fingerprint density at radius 3 is 2.81 bits per heavy atom. The number of benzene rings is 2. The van der Waals surface area contributed by atoms with Gasteiger partial charge in [0.05, 0.1) is 23.3 Å². The van der Waals surface area contributed by atoms with Crippen molar-refractivity contribution in [3.8, 4) is 11.5 Å². The lowest BCUT2D eigenvalue weighted by atomic mass is 10.1. The number of pyridine rings is 1. The van der Waals surface area contributed by atoms with Gasteiger partial charge in [0.2, 0.25) is 0 Å². The number of rotatable bonds is 3. The van der Waals surface area contributed by atoms with Gasteiger partial charge >= 0.3 is 0 Å². The van der Waals surface area contributed by atoms with E-state index in [1.165, 1.54) is 12.1 Å². The molecular formula is C21H19FN2O3. The van der Waals surface area contributed by atoms with Gasteiger partial charge in [0.1, 0.15) is 12.4 Å². The van der Waals surface area contributed by atoms with Crippen LogP contribution in [0, 0.1) is 12.7 Å². The average molecular weight is 366 g/mol. The SMILES string of the molecule is Cc1nc2cc(F)ccc2cc1C(=O)N(C)C[C@H]1COc2ccccc2O1. The molecule has 0 N–H and O–H groups in total. The van der Waals surface area contributed by atoms with Crippen LogP contribution in [0.5, 0.6) is 11.5 Å². The molecule has 1 aliphatic heterocycles. The quantitative estimate of drug-likeness (QED) is 0.711. The van der Waals surface area contributed by atoms with Crippen LogP contribution in [0.3, 0.4) is 0 Å². The number of nitrogens with zero attached hydrogens (tertiary/aromatic N) is 2. The summed E-state index contributed by atoms with van der Waals surface area (Å²) in [5, 5.41) is 0.727. The molecule has 1 amide bonds. The summed E-state index contributed by atoms with van der Waals surface area (Å²) in [6.45, 7) is 2.51. The first-order valence-corrected chi connectivity index (χ1v) is 8.72. The molecule has 5 nitrogen and oxygen atoms in total. The van der Waals surface area contributed by atoms with Crippen LogP contribution in [0.15, 0.2) is 48.5 Å². The molecule has 2 aromatic carbocycles. The first-order valence-electron chi connectivity index (χ1n) is 8.72. The second-order valence-electron chi connectivity index (χ2n) is 6.64. The van der Waals surface area contributed by atoms with Crippen LogP contribution < -0.4 is 9.47 Å². The van der Waals surface area contributed by atoms with E-state index in [0.717, 1.165) is 5.39 Å². The Labute approximate surface area is 156 Å². The Hall–Kier alpha value is -3.15. The predicted molar refractivity (Wildman–Crippen MR) is 99.8 cm³/mol. The third-order valence-electron chi connectivity index (χ3n) is 4.59. The Kier molecular flexibility index (Phi) is 4.39. The zero-order valence-electron chi connectivity index (χ0n) is 15.1. The van der Waals surface area contributed by atoms with Crippen LogP contribution in [0.4, 0.5) is 4.39 Å². The number of fused-ring (bicyclic) bond motifs is 2. The summed E-state index contributed by atoms with van der Waals surface area (Å²) in [5.41, 5.74) is 1.59. The largest absolute Gasteiger partial charge is 0.486 e. The van der Waals surface area contributed by atoms with Crippen molar-refractivity contribution < 1.29 is 18.7 Å². The van der Waals surface area contributed by atoms with Gasteiger partial charge in [0.25, 0.3) is 5.91 Å². The molecular weight excluding hydrogens is 347 g/mol. The number of aryl methyl sites for hydroxylation is 1. The first kappa shape index (κ1) is 17.3. The van der Waals surface area contributed by atoms with Gasteiger partial charge < -0.3 is 14.4 Å². The predicted octanol–water partition coefficient (Wildman–Crippen LogP) is 3.59. The molecule has 6 heteroatoms. The van der Waals surface area contributed by atoms with Crippen LogP contribution in [0.25, 0.3) is 10.9 Å². The number of hydrogen-bond donors (Lipinski definition) is 0. The first-order chi connectivity index (χ1) is 13.0. The second-order valence-corrected chi connectivity index (χ2v) is 6.64. The number of aromatic nitrogens is 1. The van der Waals surface area contributed by atoms with E-state index in [2.05, 4.69) is 4.98 Å². The normalized spacial score (nSPS) is 15.6. The van der Waals surface area contributed by atoms with Crippen LogP contribution in [0.1, 0.15) is 16.1 Å². The molecule has 1 atom stereocenters. The number of likely N-dealkylation sites (N-methyl/N-ethyl adjacent to an activating group) is 1. The fourth-order valence-corrected chi connectivity index (χ4v) is 3.20. The highest BCUT2D eigenvalue weighted by molar-refractivity contribution is 5.98. The van der Waals surface area contributed by atoms with Gasteiger partial charge in [-0.05, 0) is 37.3 Å². The maximum absolute atomic E-state index is 13.4. The molecule has 0 saturated carbocycles. The molecule has 2 heterocycles. The van der Waals surface area contributed by atoms with Gasteiger partial charge in [-0.3, -0.25) is 9.78 Å². The summed E-state index contributed by atoms with van der Waals surface area (Å²) < 4.78 is 25.0. The minimum Gasteiger partial charge on any atom is -0.486 e. The zero-order valence-corrected chi connectivity index (χ0v) is 15.1. The number of hydrogen-bond acceptors (Lipinski definition) is 4. The van der Waals surface area contributed by atoms with Gasteiger partial charge in [-0.2, -0.15) is 0 Å². The van der Waals surface area contributed by atoms with E-state index in [1.54, 1.807) is 31.0 Å². The van der Waals surface area contributed by atoms with Crippen molar-refractivity contribution in [1.82, 2.24) is 9.88 Å². The molecule has 0 aliphatic carbocycles. The lowest BCUT2D eigenvalue weighted by molar-refractivity contribution is 0.0520. The summed E-state index contributed by atoms with van der Waals surface area (Å²) in [6, 6.07) is 13.6. The number of amides is 1. The summed E-state index contributed by atoms with van der Waals surface area (Å²) in [6.07, 6.45) is -0.253. The van der Waals surface area contributed by atoms with Gasteiger partial charge in [-0.25, -0.2) is 4.39 Å². The van der Waals surface area contributed by atoms with Crippen molar-refractivity contribution in [3.63, 3.8) is 0 Å². The van der Waals surface area contributed by atoms with Crippen LogP contribution in [-0.4, -0.2) is 42.1 Å². The molecule has 0 unspecified atom stereocenters. The Bertz CT molecular complexity index is 1020. The van der Waals surface area contributed by atoms with Crippen LogP contribution in [-0.2, 0) is 0 Å². The number of carbonyl (C=O) groups excluding carboxylic acids is 1. The van der Waals surface area contributed by atoms with Crippen molar-refractivity contribution in [1.29, 1.82) is 0 Å². The van der Waals surface area contributed by atoms with Gasteiger partial charge in [-0.1, -0.05) is 12.1 Å². The highest BCUT2D eigenvalue weighted by Crippen LogP contribution is 2.31. The summed E-state index contributed by atoms with van der Waals surface area (Å²) in [4.78, 5) is 18.9. The zero-order chi connectivity index (χ0) is 19.0. The standard InChI is InChI=1S/C21H19FN2O3/c1-13-17(9-14-7-8-15(22)10-18(14)23-13)21(25)24(2)11-16-12-26-19-5-3-4-6-20(19)27-16/h3-10,16H,11-12H2,1-2H3/t16-/m0/s1. The van der Waals surface area contributed by atoms with Crippen LogP contribution >= 0.6 is 0 Å². The summed E-state index contributed by atoms with van der Waals surface area (Å²) in [5.74, 6) is 0.888. The fraction of sp³-hybridized carbons (Fsp3) is 0.238. The van der Waals surface area contributed by atoms with E-state index in [4.69, 9.17) is 9.47 Å². The minimum absolute atomic E-state index is 0.159. The summed E-state index contributed by atoms with van der Waals surface area (Å²) >= 11 is 0. The molecule has 1 aromatic heterocycles. The Morgan fingerprint density at radius 1 is 1.22 bits per heavy atom. The van der Waals surface area contributed by atoms with E-state index in [9.17, 15) is 9.18 Å². The molecule has 0 radical (unpaired) electrons. The number of halogens is 1. The maximum atomic E-state index is 13.4. The third kappa shape index (κ3) is 3.43. The van der Waals surface area contributed by atoms with Gasteiger partial charge in [0.15, 0.2) is 17.6 Å². The lowest BCUT2D eigenvalue weighted by Crippen LogP contribution is -2.42. The lowest BCUT2D eigenvalue weighted by Gasteiger charge is -2.29. The number of carbonyl (C=O) groups is 1. The molecule has 0 bridgehead atoms. The second kappa shape index (κ2) is 6.87. The molecule has 0 fully saturated rings. The molecule has 0 saturated heterocycles. The van der Waals surface area contributed by atoms with E-state index in [1.807, 2.05) is 24.3 Å². The fourth-order valence-electron chi connectivity index (χ4n) is 3.20. The number of ether oxygens (including phenoxy) is 2. The van der Waals surface area contributed by atoms with E-state index in [0.29, 0.717) is 41.4 Å². The smallest absolute Gasteiger partial charge is 0.255 e. The monoisotopic (exact) mass is 366 g/mol. The average Bonchev–Trinajstić information content (AvgIpc) is 2.66. The topological polar surface area (TPSA) is 51.7 Å². The number of para-hydroxylation sites is 2. The van der Waals surface area contributed by atoms with E-state index >= 15 is 0 Å². The van der Waals surface area contributed by atoms with Crippen molar-refractivity contribution >= 4 is 16.8 Å². The van der Waals surface area contributed by atoms with Crippen molar-refractivity contribution in [2.24, 2.45) is 0 Å². The van der Waals surface area contributed by atoms with Crippen molar-refractivity contribution in [2.75, 3.05) is 20.2 Å². The molecule has 4 rings (SSSR count). The van der Waals surface area contributed by atoms with Gasteiger partial charge in [0, 0.05) is 18.5 Å². The van der Waals surface area contributed by atoms with E-state index in [-0.39, 0.29) is 17.8 Å².